The molecule has 2 N–H and O–H groups in total. The first-order valence-corrected chi connectivity index (χ1v) is 10.2. The zero-order valence-electron chi connectivity index (χ0n) is 16.7. The number of fused-ring (bicyclic) bond motifs is 5. The van der Waals surface area contributed by atoms with Gasteiger partial charge in [-0.3, -0.25) is 4.79 Å². The van der Waals surface area contributed by atoms with Gasteiger partial charge in [0.2, 0.25) is 0 Å². The number of esters is 1. The van der Waals surface area contributed by atoms with Crippen LogP contribution in [-0.4, -0.2) is 46.7 Å². The number of ether oxygens (including phenoxy) is 2. The standard InChI is InChI=1S/C21H34O5/c1-12(2)21-15(22)11-14-18(3)8-6-9-19(4,17(23)25-5)13(18)7-10-20(14,24)16(21)26-21/h12-16,22,24H,6-11H2,1-5H3. The second kappa shape index (κ2) is 5.45. The molecule has 5 nitrogen and oxygen atoms in total. The van der Waals surface area contributed by atoms with Gasteiger partial charge in [-0.15, -0.1) is 0 Å². The maximum absolute atomic E-state index is 12.6. The fourth-order valence-electron chi connectivity index (χ4n) is 7.51. The zero-order valence-corrected chi connectivity index (χ0v) is 16.7. The van der Waals surface area contributed by atoms with E-state index in [2.05, 4.69) is 20.8 Å². The fourth-order valence-corrected chi connectivity index (χ4v) is 7.51. The van der Waals surface area contributed by atoms with Crippen molar-refractivity contribution in [3.63, 3.8) is 0 Å². The summed E-state index contributed by atoms with van der Waals surface area (Å²) < 4.78 is 11.2. The van der Waals surface area contributed by atoms with E-state index in [1.54, 1.807) is 0 Å². The van der Waals surface area contributed by atoms with Crippen molar-refractivity contribution in [1.29, 1.82) is 0 Å². The number of hydrogen-bond acceptors (Lipinski definition) is 5. The number of rotatable bonds is 2. The predicted octanol–water partition coefficient (Wildman–Crippen LogP) is 2.67. The van der Waals surface area contributed by atoms with Crippen LogP contribution in [0.3, 0.4) is 0 Å². The van der Waals surface area contributed by atoms with Crippen molar-refractivity contribution in [2.24, 2.45) is 28.6 Å². The second-order valence-corrected chi connectivity index (χ2v) is 10.2. The van der Waals surface area contributed by atoms with Crippen molar-refractivity contribution < 1.29 is 24.5 Å². The summed E-state index contributed by atoms with van der Waals surface area (Å²) >= 11 is 0. The van der Waals surface area contributed by atoms with E-state index in [-0.39, 0.29) is 35.2 Å². The molecule has 1 heterocycles. The van der Waals surface area contributed by atoms with Crippen LogP contribution >= 0.6 is 0 Å². The molecule has 0 bridgehead atoms. The second-order valence-electron chi connectivity index (χ2n) is 10.2. The molecule has 4 fully saturated rings. The van der Waals surface area contributed by atoms with Gasteiger partial charge in [-0.1, -0.05) is 27.2 Å². The number of epoxide rings is 1. The van der Waals surface area contributed by atoms with Gasteiger partial charge in [0.25, 0.3) is 0 Å². The largest absolute Gasteiger partial charge is 0.469 e. The van der Waals surface area contributed by atoms with E-state index in [1.165, 1.54) is 7.11 Å². The molecule has 3 aliphatic carbocycles. The highest BCUT2D eigenvalue weighted by Crippen LogP contribution is 2.70. The summed E-state index contributed by atoms with van der Waals surface area (Å²) in [7, 11) is 1.47. The monoisotopic (exact) mass is 366 g/mol. The van der Waals surface area contributed by atoms with Crippen molar-refractivity contribution in [2.45, 2.75) is 89.6 Å². The average molecular weight is 366 g/mol. The van der Waals surface area contributed by atoms with E-state index < -0.39 is 22.7 Å². The van der Waals surface area contributed by atoms with E-state index >= 15 is 0 Å². The number of methoxy groups -OCH3 is 1. The smallest absolute Gasteiger partial charge is 0.311 e. The molecule has 0 spiro atoms. The third kappa shape index (κ3) is 2.00. The lowest BCUT2D eigenvalue weighted by Gasteiger charge is -2.63. The highest BCUT2D eigenvalue weighted by atomic mass is 16.6. The molecule has 0 amide bonds. The molecule has 1 saturated heterocycles. The summed E-state index contributed by atoms with van der Waals surface area (Å²) in [4.78, 5) is 12.6. The van der Waals surface area contributed by atoms with Gasteiger partial charge in [-0.05, 0) is 62.2 Å². The molecule has 26 heavy (non-hydrogen) atoms. The number of aliphatic hydroxyl groups is 2. The molecular formula is C21H34O5. The average Bonchev–Trinajstić information content (AvgIpc) is 3.35. The first kappa shape index (κ1) is 18.7. The lowest BCUT2D eigenvalue weighted by Crippen LogP contribution is -2.67. The zero-order chi connectivity index (χ0) is 19.1. The minimum absolute atomic E-state index is 0.0487. The molecule has 5 heteroatoms. The molecule has 8 unspecified atom stereocenters. The first-order valence-electron chi connectivity index (χ1n) is 10.2. The molecule has 4 rings (SSSR count). The molecule has 4 aliphatic rings. The van der Waals surface area contributed by atoms with Crippen LogP contribution in [0.2, 0.25) is 0 Å². The van der Waals surface area contributed by atoms with E-state index in [0.717, 1.165) is 25.7 Å². The quantitative estimate of drug-likeness (QED) is 0.580. The molecule has 8 atom stereocenters. The normalized spacial score (nSPS) is 55.5. The lowest BCUT2D eigenvalue weighted by molar-refractivity contribution is -0.212. The first-order chi connectivity index (χ1) is 12.1. The van der Waals surface area contributed by atoms with Crippen LogP contribution in [0.15, 0.2) is 0 Å². The number of hydrogen-bond donors (Lipinski definition) is 2. The van der Waals surface area contributed by atoms with Crippen LogP contribution in [0.4, 0.5) is 0 Å². The minimum Gasteiger partial charge on any atom is -0.469 e. The maximum atomic E-state index is 12.6. The molecular weight excluding hydrogens is 332 g/mol. The Morgan fingerprint density at radius 3 is 2.50 bits per heavy atom. The van der Waals surface area contributed by atoms with Gasteiger partial charge in [0.05, 0.1) is 24.2 Å². The van der Waals surface area contributed by atoms with Crippen molar-refractivity contribution >= 4 is 5.97 Å². The van der Waals surface area contributed by atoms with Crippen molar-refractivity contribution in [2.75, 3.05) is 7.11 Å². The van der Waals surface area contributed by atoms with Crippen LogP contribution in [0.1, 0.15) is 66.2 Å². The van der Waals surface area contributed by atoms with Crippen LogP contribution in [0, 0.1) is 28.6 Å². The van der Waals surface area contributed by atoms with Gasteiger partial charge in [0.15, 0.2) is 0 Å². The molecule has 148 valence electrons. The highest BCUT2D eigenvalue weighted by molar-refractivity contribution is 5.77. The minimum atomic E-state index is -0.900. The Balaban J connectivity index is 1.72. The molecule has 3 saturated carbocycles. The molecule has 0 radical (unpaired) electrons. The summed E-state index contributed by atoms with van der Waals surface area (Å²) in [5.74, 6) is 0.158. The summed E-state index contributed by atoms with van der Waals surface area (Å²) in [6.07, 6.45) is 3.91. The van der Waals surface area contributed by atoms with E-state index in [9.17, 15) is 15.0 Å². The van der Waals surface area contributed by atoms with Crippen molar-refractivity contribution in [1.82, 2.24) is 0 Å². The Kier molecular flexibility index (Phi) is 3.92. The van der Waals surface area contributed by atoms with Gasteiger partial charge in [0.1, 0.15) is 11.7 Å². The summed E-state index contributed by atoms with van der Waals surface area (Å²) in [5, 5.41) is 22.7. The topological polar surface area (TPSA) is 79.3 Å². The SMILES string of the molecule is COC(=O)C1(C)CCCC2(C)C1CCC1(O)C2CC(O)C2(C(C)C)OC12. The Bertz CT molecular complexity index is 620. The lowest BCUT2D eigenvalue weighted by atomic mass is 9.42. The van der Waals surface area contributed by atoms with E-state index in [1.807, 2.05) is 6.92 Å². The molecule has 0 aromatic rings. The van der Waals surface area contributed by atoms with Crippen LogP contribution in [0.5, 0.6) is 0 Å². The number of carbonyl (C=O) groups is 1. The Hall–Kier alpha value is -0.650. The summed E-state index contributed by atoms with van der Waals surface area (Å²) in [6.45, 7) is 8.39. The van der Waals surface area contributed by atoms with Crippen LogP contribution in [-0.2, 0) is 14.3 Å². The van der Waals surface area contributed by atoms with Gasteiger partial charge in [0, 0.05) is 0 Å². The predicted molar refractivity (Wildman–Crippen MR) is 96.3 cm³/mol. The molecule has 1 aliphatic heterocycles. The number of aliphatic hydroxyl groups excluding tert-OH is 1. The number of carbonyl (C=O) groups excluding carboxylic acids is 1. The summed E-state index contributed by atoms with van der Waals surface area (Å²) in [5.41, 5.74) is -2.19. The van der Waals surface area contributed by atoms with Crippen LogP contribution in [0.25, 0.3) is 0 Å². The van der Waals surface area contributed by atoms with Gasteiger partial charge in [-0.25, -0.2) is 0 Å². The highest BCUT2D eigenvalue weighted by Gasteiger charge is 2.78. The third-order valence-corrected chi connectivity index (χ3v) is 8.87. The Labute approximate surface area is 156 Å². The van der Waals surface area contributed by atoms with Crippen LogP contribution < -0.4 is 0 Å². The Morgan fingerprint density at radius 1 is 1.19 bits per heavy atom. The van der Waals surface area contributed by atoms with Crippen molar-refractivity contribution in [3.05, 3.63) is 0 Å². The van der Waals surface area contributed by atoms with Crippen molar-refractivity contribution in [3.8, 4) is 0 Å². The van der Waals surface area contributed by atoms with E-state index in [0.29, 0.717) is 12.8 Å². The Morgan fingerprint density at radius 2 is 1.88 bits per heavy atom. The third-order valence-electron chi connectivity index (χ3n) is 8.87. The molecule has 0 aromatic heterocycles. The van der Waals surface area contributed by atoms with Gasteiger partial charge in [-0.2, -0.15) is 0 Å². The summed E-state index contributed by atoms with van der Waals surface area (Å²) in [6, 6.07) is 0. The maximum Gasteiger partial charge on any atom is 0.311 e. The van der Waals surface area contributed by atoms with Gasteiger partial charge < -0.3 is 19.7 Å². The fraction of sp³-hybridized carbons (Fsp3) is 0.952. The van der Waals surface area contributed by atoms with E-state index in [4.69, 9.17) is 9.47 Å². The molecule has 0 aromatic carbocycles. The van der Waals surface area contributed by atoms with Gasteiger partial charge >= 0.3 is 5.97 Å².